The summed E-state index contributed by atoms with van der Waals surface area (Å²) < 4.78 is 28.2. The van der Waals surface area contributed by atoms with E-state index in [1.807, 2.05) is 6.92 Å². The zero-order chi connectivity index (χ0) is 17.5. The Hall–Kier alpha value is -1.60. The fraction of sp³-hybridized carbons (Fsp3) is 0.562. The number of amides is 1. The number of likely N-dealkylation sites (N-methyl/N-ethyl adjacent to an activating group) is 1. The first kappa shape index (κ1) is 19.4. The second-order valence-electron chi connectivity index (χ2n) is 5.64. The molecule has 0 bridgehead atoms. The van der Waals surface area contributed by atoms with Gasteiger partial charge in [-0.05, 0) is 44.0 Å². The molecule has 130 valence electrons. The minimum absolute atomic E-state index is 0.0482. The Labute approximate surface area is 138 Å². The van der Waals surface area contributed by atoms with Gasteiger partial charge in [0.15, 0.2) is 9.84 Å². The van der Waals surface area contributed by atoms with Gasteiger partial charge in [-0.15, -0.1) is 0 Å². The van der Waals surface area contributed by atoms with Gasteiger partial charge in [-0.3, -0.25) is 4.79 Å². The van der Waals surface area contributed by atoms with Gasteiger partial charge in [-0.1, -0.05) is 0 Å². The van der Waals surface area contributed by atoms with Crippen LogP contribution in [0.2, 0.25) is 0 Å². The van der Waals surface area contributed by atoms with Crippen LogP contribution in [0.3, 0.4) is 0 Å². The largest absolute Gasteiger partial charge is 0.494 e. The quantitative estimate of drug-likeness (QED) is 0.686. The molecular weight excluding hydrogens is 316 g/mol. The fourth-order valence-corrected chi connectivity index (χ4v) is 2.56. The Morgan fingerprint density at radius 3 is 2.39 bits per heavy atom. The molecule has 0 aliphatic carbocycles. The topological polar surface area (TPSA) is 89.7 Å². The molecule has 0 spiro atoms. The normalized spacial score (nSPS) is 12.7. The van der Waals surface area contributed by atoms with E-state index in [0.717, 1.165) is 12.8 Å². The van der Waals surface area contributed by atoms with Crippen LogP contribution in [-0.4, -0.2) is 51.7 Å². The van der Waals surface area contributed by atoms with Gasteiger partial charge in [0, 0.05) is 32.3 Å². The molecule has 0 aliphatic rings. The van der Waals surface area contributed by atoms with Crippen molar-refractivity contribution in [2.75, 3.05) is 26.5 Å². The highest BCUT2D eigenvalue weighted by atomic mass is 32.2. The Balaban J connectivity index is 2.29. The van der Waals surface area contributed by atoms with Crippen molar-refractivity contribution in [3.63, 3.8) is 0 Å². The predicted molar refractivity (Wildman–Crippen MR) is 90.2 cm³/mol. The Morgan fingerprint density at radius 2 is 1.87 bits per heavy atom. The number of hydrogen-bond acceptors (Lipinski definition) is 5. The third-order valence-electron chi connectivity index (χ3n) is 3.70. The highest BCUT2D eigenvalue weighted by molar-refractivity contribution is 7.90. The first-order valence-electron chi connectivity index (χ1n) is 7.64. The van der Waals surface area contributed by atoms with Crippen molar-refractivity contribution in [1.29, 1.82) is 0 Å². The summed E-state index contributed by atoms with van der Waals surface area (Å²) in [6.07, 6.45) is 3.13. The summed E-state index contributed by atoms with van der Waals surface area (Å²) in [5.74, 6) is 0.707. The van der Waals surface area contributed by atoms with Crippen LogP contribution in [0.15, 0.2) is 29.2 Å². The Kier molecular flexibility index (Phi) is 7.51. The molecular formula is C16H26N2O4S. The number of nitrogens with zero attached hydrogens (tertiary/aromatic N) is 1. The van der Waals surface area contributed by atoms with Crippen molar-refractivity contribution in [3.8, 4) is 5.75 Å². The van der Waals surface area contributed by atoms with Gasteiger partial charge >= 0.3 is 0 Å². The fourth-order valence-electron chi connectivity index (χ4n) is 1.93. The third kappa shape index (κ3) is 6.58. The summed E-state index contributed by atoms with van der Waals surface area (Å²) >= 11 is 0. The molecule has 1 rings (SSSR count). The van der Waals surface area contributed by atoms with E-state index >= 15 is 0 Å². The number of carbonyl (C=O) groups is 1. The van der Waals surface area contributed by atoms with Gasteiger partial charge in [-0.2, -0.15) is 0 Å². The van der Waals surface area contributed by atoms with E-state index in [-0.39, 0.29) is 16.8 Å². The van der Waals surface area contributed by atoms with E-state index in [0.29, 0.717) is 25.3 Å². The maximum absolute atomic E-state index is 11.9. The molecule has 1 amide bonds. The summed E-state index contributed by atoms with van der Waals surface area (Å²) in [4.78, 5) is 13.8. The standard InChI is InChI=1S/C16H26N2O4S/c1-13(12-17)18(2)16(19)6-4-5-11-22-14-7-9-15(10-8-14)23(3,20)21/h7-10,13H,4-6,11-12,17H2,1-3H3. The van der Waals surface area contributed by atoms with Gasteiger partial charge in [0.05, 0.1) is 11.5 Å². The molecule has 2 N–H and O–H groups in total. The summed E-state index contributed by atoms with van der Waals surface area (Å²) in [6, 6.07) is 6.37. The average Bonchev–Trinajstić information content (AvgIpc) is 2.52. The molecule has 1 atom stereocenters. The number of rotatable bonds is 9. The summed E-state index contributed by atoms with van der Waals surface area (Å²) in [7, 11) is -1.42. The third-order valence-corrected chi connectivity index (χ3v) is 4.83. The maximum atomic E-state index is 11.9. The van der Waals surface area contributed by atoms with Crippen molar-refractivity contribution in [1.82, 2.24) is 4.90 Å². The van der Waals surface area contributed by atoms with Crippen molar-refractivity contribution in [2.24, 2.45) is 5.73 Å². The molecule has 0 aliphatic heterocycles. The van der Waals surface area contributed by atoms with E-state index in [9.17, 15) is 13.2 Å². The van der Waals surface area contributed by atoms with E-state index < -0.39 is 9.84 Å². The van der Waals surface area contributed by atoms with Gasteiger partial charge < -0.3 is 15.4 Å². The second kappa shape index (κ2) is 8.88. The number of sulfone groups is 1. The zero-order valence-electron chi connectivity index (χ0n) is 14.0. The molecule has 6 nitrogen and oxygen atoms in total. The molecule has 0 fully saturated rings. The highest BCUT2D eigenvalue weighted by Crippen LogP contribution is 2.16. The predicted octanol–water partition coefficient (Wildman–Crippen LogP) is 1.44. The Bertz CT molecular complexity index is 599. The lowest BCUT2D eigenvalue weighted by atomic mass is 10.2. The molecule has 1 aromatic rings. The molecule has 0 aromatic heterocycles. The molecule has 0 saturated carbocycles. The Morgan fingerprint density at radius 1 is 1.26 bits per heavy atom. The van der Waals surface area contributed by atoms with Gasteiger partial charge in [0.2, 0.25) is 5.91 Å². The number of carbonyl (C=O) groups excluding carboxylic acids is 1. The molecule has 0 heterocycles. The van der Waals surface area contributed by atoms with Crippen LogP contribution in [0.25, 0.3) is 0 Å². The van der Waals surface area contributed by atoms with Crippen LogP contribution in [0.4, 0.5) is 0 Å². The number of nitrogens with two attached hydrogens (primary N) is 1. The molecule has 7 heteroatoms. The lowest BCUT2D eigenvalue weighted by Crippen LogP contribution is -2.39. The van der Waals surface area contributed by atoms with Gasteiger partial charge in [0.1, 0.15) is 5.75 Å². The van der Waals surface area contributed by atoms with E-state index in [4.69, 9.17) is 10.5 Å². The number of unbranched alkanes of at least 4 members (excludes halogenated alkanes) is 1. The van der Waals surface area contributed by atoms with E-state index in [1.165, 1.54) is 18.4 Å². The lowest BCUT2D eigenvalue weighted by Gasteiger charge is -2.23. The first-order valence-corrected chi connectivity index (χ1v) is 9.53. The molecule has 1 unspecified atom stereocenters. The molecule has 0 saturated heterocycles. The second-order valence-corrected chi connectivity index (χ2v) is 7.65. The highest BCUT2D eigenvalue weighted by Gasteiger charge is 2.13. The lowest BCUT2D eigenvalue weighted by molar-refractivity contribution is -0.131. The van der Waals surface area contributed by atoms with Crippen molar-refractivity contribution in [2.45, 2.75) is 37.1 Å². The van der Waals surface area contributed by atoms with Crippen molar-refractivity contribution in [3.05, 3.63) is 24.3 Å². The van der Waals surface area contributed by atoms with E-state index in [2.05, 4.69) is 0 Å². The number of benzene rings is 1. The smallest absolute Gasteiger partial charge is 0.222 e. The maximum Gasteiger partial charge on any atom is 0.222 e. The number of ether oxygens (including phenoxy) is 1. The zero-order valence-corrected chi connectivity index (χ0v) is 14.8. The summed E-state index contributed by atoms with van der Waals surface area (Å²) in [5.41, 5.74) is 5.54. The molecule has 0 radical (unpaired) electrons. The van der Waals surface area contributed by atoms with E-state index in [1.54, 1.807) is 24.1 Å². The number of hydrogen-bond donors (Lipinski definition) is 1. The van der Waals surface area contributed by atoms with Crippen LogP contribution < -0.4 is 10.5 Å². The molecule has 23 heavy (non-hydrogen) atoms. The van der Waals surface area contributed by atoms with Crippen molar-refractivity contribution >= 4 is 15.7 Å². The minimum Gasteiger partial charge on any atom is -0.494 e. The van der Waals surface area contributed by atoms with Crippen LogP contribution in [0.5, 0.6) is 5.75 Å². The molecule has 1 aromatic carbocycles. The summed E-state index contributed by atoms with van der Waals surface area (Å²) in [5, 5.41) is 0. The SMILES string of the molecule is CC(CN)N(C)C(=O)CCCCOc1ccc(S(C)(=O)=O)cc1. The first-order chi connectivity index (χ1) is 10.8. The van der Waals surface area contributed by atoms with Crippen LogP contribution >= 0.6 is 0 Å². The van der Waals surface area contributed by atoms with Gasteiger partial charge in [-0.25, -0.2) is 8.42 Å². The van der Waals surface area contributed by atoms with Crippen molar-refractivity contribution < 1.29 is 17.9 Å². The average molecular weight is 342 g/mol. The van der Waals surface area contributed by atoms with Crippen LogP contribution in [0, 0.1) is 0 Å². The van der Waals surface area contributed by atoms with Crippen LogP contribution in [0.1, 0.15) is 26.2 Å². The van der Waals surface area contributed by atoms with Crippen LogP contribution in [-0.2, 0) is 14.6 Å². The minimum atomic E-state index is -3.18. The van der Waals surface area contributed by atoms with Gasteiger partial charge in [0.25, 0.3) is 0 Å². The summed E-state index contributed by atoms with van der Waals surface area (Å²) in [6.45, 7) is 2.86. The monoisotopic (exact) mass is 342 g/mol.